The maximum absolute atomic E-state index is 6.33. The van der Waals surface area contributed by atoms with Crippen molar-refractivity contribution in [3.8, 4) is 0 Å². The molecule has 0 spiro atoms. The third-order valence-corrected chi connectivity index (χ3v) is 6.28. The quantitative estimate of drug-likeness (QED) is 0.550. The van der Waals surface area contributed by atoms with Gasteiger partial charge < -0.3 is 9.74 Å². The Kier molecular flexibility index (Phi) is 4.30. The summed E-state index contributed by atoms with van der Waals surface area (Å²) in [4.78, 5) is 10.0. The van der Waals surface area contributed by atoms with Crippen LogP contribution in [0, 0.1) is 5.92 Å². The molecule has 27 heavy (non-hydrogen) atoms. The van der Waals surface area contributed by atoms with Gasteiger partial charge in [0.1, 0.15) is 6.04 Å². The standard InChI is InChI=1S/C22H19ClN2OS/c23-17-8-10-18(11-9-17)25-22(21-7-4-12-27-21)19-14-24(15-20(19)26-25)13-16-5-2-1-3-6-16/h1-12,15,19,22H,13-14H2. The first kappa shape index (κ1) is 16.7. The minimum absolute atomic E-state index is 0.179. The molecule has 2 unspecified atom stereocenters. The number of hydroxylamine groups is 1. The zero-order chi connectivity index (χ0) is 18.2. The molecule has 0 amide bonds. The van der Waals surface area contributed by atoms with Crippen LogP contribution >= 0.6 is 22.9 Å². The van der Waals surface area contributed by atoms with E-state index in [0.717, 1.165) is 29.6 Å². The monoisotopic (exact) mass is 394 g/mol. The summed E-state index contributed by atoms with van der Waals surface area (Å²) in [6.45, 7) is 1.86. The maximum Gasteiger partial charge on any atom is 0.155 e. The molecule has 1 fully saturated rings. The van der Waals surface area contributed by atoms with Crippen LogP contribution in [0.15, 0.2) is 84.1 Å². The van der Waals surface area contributed by atoms with Gasteiger partial charge in [0.25, 0.3) is 0 Å². The van der Waals surface area contributed by atoms with E-state index < -0.39 is 0 Å². The van der Waals surface area contributed by atoms with Crippen molar-refractivity contribution in [3.63, 3.8) is 0 Å². The van der Waals surface area contributed by atoms with Gasteiger partial charge in [-0.1, -0.05) is 48.0 Å². The fourth-order valence-corrected chi connectivity index (χ4v) is 4.85. The van der Waals surface area contributed by atoms with Crippen LogP contribution in [0.25, 0.3) is 0 Å². The first-order valence-corrected chi connectivity index (χ1v) is 10.3. The summed E-state index contributed by atoms with van der Waals surface area (Å²) in [5, 5.41) is 4.91. The minimum atomic E-state index is 0.179. The molecule has 2 aliphatic heterocycles. The highest BCUT2D eigenvalue weighted by atomic mass is 35.5. The lowest BCUT2D eigenvalue weighted by molar-refractivity contribution is 0.209. The van der Waals surface area contributed by atoms with E-state index in [2.05, 4.69) is 58.9 Å². The summed E-state index contributed by atoms with van der Waals surface area (Å²) >= 11 is 7.85. The summed E-state index contributed by atoms with van der Waals surface area (Å²) in [7, 11) is 0. The predicted octanol–water partition coefficient (Wildman–Crippen LogP) is 5.87. The lowest BCUT2D eigenvalue weighted by atomic mass is 9.98. The number of fused-ring (bicyclic) bond motifs is 1. The Labute approximate surface area is 168 Å². The Morgan fingerprint density at radius 3 is 2.56 bits per heavy atom. The average Bonchev–Trinajstić information content (AvgIpc) is 3.39. The van der Waals surface area contributed by atoms with E-state index in [-0.39, 0.29) is 6.04 Å². The minimum Gasteiger partial charge on any atom is -0.381 e. The summed E-state index contributed by atoms with van der Waals surface area (Å²) in [5.41, 5.74) is 2.35. The van der Waals surface area contributed by atoms with Crippen molar-refractivity contribution in [2.45, 2.75) is 12.6 Å². The molecular weight excluding hydrogens is 376 g/mol. The van der Waals surface area contributed by atoms with Crippen LogP contribution in [0.4, 0.5) is 5.69 Å². The van der Waals surface area contributed by atoms with Crippen LogP contribution in [0.5, 0.6) is 0 Å². The molecular formula is C22H19ClN2OS. The molecule has 1 saturated heterocycles. The molecule has 0 aliphatic carbocycles. The van der Waals surface area contributed by atoms with Crippen molar-refractivity contribution in [2.24, 2.45) is 5.92 Å². The van der Waals surface area contributed by atoms with Crippen LogP contribution in [0.2, 0.25) is 5.02 Å². The van der Waals surface area contributed by atoms with E-state index in [1.165, 1.54) is 10.4 Å². The van der Waals surface area contributed by atoms with E-state index in [4.69, 9.17) is 16.4 Å². The van der Waals surface area contributed by atoms with E-state index in [1.54, 1.807) is 11.3 Å². The first-order valence-electron chi connectivity index (χ1n) is 9.04. The van der Waals surface area contributed by atoms with Gasteiger partial charge >= 0.3 is 0 Å². The van der Waals surface area contributed by atoms with Gasteiger partial charge in [-0.2, -0.15) is 0 Å². The third-order valence-electron chi connectivity index (χ3n) is 5.09. The smallest absolute Gasteiger partial charge is 0.155 e. The van der Waals surface area contributed by atoms with Gasteiger partial charge in [-0.3, -0.25) is 0 Å². The number of hydrogen-bond donors (Lipinski definition) is 0. The second-order valence-electron chi connectivity index (χ2n) is 6.91. The lowest BCUT2D eigenvalue weighted by Gasteiger charge is -2.27. The number of thiophene rings is 1. The number of nitrogens with zero attached hydrogens (tertiary/aromatic N) is 2. The van der Waals surface area contributed by atoms with Gasteiger partial charge in [0.15, 0.2) is 5.76 Å². The molecule has 3 heterocycles. The third kappa shape index (κ3) is 3.20. The highest BCUT2D eigenvalue weighted by molar-refractivity contribution is 7.10. The van der Waals surface area contributed by atoms with Crippen molar-refractivity contribution in [3.05, 3.63) is 99.5 Å². The van der Waals surface area contributed by atoms with E-state index in [1.807, 2.05) is 29.3 Å². The van der Waals surface area contributed by atoms with Gasteiger partial charge in [0, 0.05) is 29.2 Å². The maximum atomic E-state index is 6.33. The summed E-state index contributed by atoms with van der Waals surface area (Å²) < 4.78 is 0. The molecule has 2 atom stereocenters. The fourth-order valence-electron chi connectivity index (χ4n) is 3.85. The number of benzene rings is 2. The summed E-state index contributed by atoms with van der Waals surface area (Å²) in [6, 6.07) is 22.9. The number of rotatable bonds is 4. The molecule has 1 aromatic heterocycles. The second-order valence-corrected chi connectivity index (χ2v) is 8.32. The molecule has 2 aromatic carbocycles. The lowest BCUT2D eigenvalue weighted by Crippen LogP contribution is -2.28. The fraction of sp³-hybridized carbons (Fsp3) is 0.182. The van der Waals surface area contributed by atoms with E-state index in [9.17, 15) is 0 Å². The highest BCUT2D eigenvalue weighted by Crippen LogP contribution is 2.48. The van der Waals surface area contributed by atoms with Crippen molar-refractivity contribution in [2.75, 3.05) is 11.6 Å². The molecule has 0 bridgehead atoms. The Morgan fingerprint density at radius 1 is 1.00 bits per heavy atom. The van der Waals surface area contributed by atoms with Crippen molar-refractivity contribution < 1.29 is 4.84 Å². The van der Waals surface area contributed by atoms with Crippen LogP contribution in [-0.2, 0) is 11.4 Å². The zero-order valence-electron chi connectivity index (χ0n) is 14.7. The highest BCUT2D eigenvalue weighted by Gasteiger charge is 2.46. The average molecular weight is 395 g/mol. The topological polar surface area (TPSA) is 15.7 Å². The summed E-state index contributed by atoms with van der Waals surface area (Å²) in [5.74, 6) is 1.36. The van der Waals surface area contributed by atoms with Crippen LogP contribution < -0.4 is 5.06 Å². The van der Waals surface area contributed by atoms with Crippen LogP contribution in [0.1, 0.15) is 16.5 Å². The van der Waals surface area contributed by atoms with Gasteiger partial charge in [-0.15, -0.1) is 11.3 Å². The molecule has 2 aliphatic rings. The molecule has 0 radical (unpaired) electrons. The van der Waals surface area contributed by atoms with Gasteiger partial charge in [-0.05, 0) is 41.3 Å². The molecule has 3 nitrogen and oxygen atoms in total. The molecule has 0 saturated carbocycles. The molecule has 5 rings (SSSR count). The largest absolute Gasteiger partial charge is 0.381 e. The predicted molar refractivity (Wildman–Crippen MR) is 111 cm³/mol. The van der Waals surface area contributed by atoms with Gasteiger partial charge in [0.05, 0.1) is 11.6 Å². The SMILES string of the molecule is Clc1ccc(N2OC3=CN(Cc4ccccc4)CC3C2c2cccs2)cc1. The molecule has 0 N–H and O–H groups in total. The number of hydrogen-bond acceptors (Lipinski definition) is 4. The number of halogens is 1. The van der Waals surface area contributed by atoms with E-state index in [0.29, 0.717) is 5.92 Å². The van der Waals surface area contributed by atoms with Gasteiger partial charge in [-0.25, -0.2) is 5.06 Å². The molecule has 5 heteroatoms. The van der Waals surface area contributed by atoms with Crippen LogP contribution in [0.3, 0.4) is 0 Å². The van der Waals surface area contributed by atoms with Crippen molar-refractivity contribution >= 4 is 28.6 Å². The van der Waals surface area contributed by atoms with Crippen molar-refractivity contribution in [1.29, 1.82) is 0 Å². The Hall–Kier alpha value is -2.43. The second kappa shape index (κ2) is 6.95. The Morgan fingerprint density at radius 2 is 1.81 bits per heavy atom. The van der Waals surface area contributed by atoms with E-state index >= 15 is 0 Å². The summed E-state index contributed by atoms with van der Waals surface area (Å²) in [6.07, 6.45) is 2.17. The number of anilines is 1. The first-order chi connectivity index (χ1) is 13.3. The Bertz CT molecular complexity index is 940. The Balaban J connectivity index is 1.44. The molecule has 136 valence electrons. The normalized spacial score (nSPS) is 21.1. The van der Waals surface area contributed by atoms with Crippen molar-refractivity contribution in [1.82, 2.24) is 4.90 Å². The van der Waals surface area contributed by atoms with Gasteiger partial charge in [0.2, 0.25) is 0 Å². The zero-order valence-corrected chi connectivity index (χ0v) is 16.2. The molecule has 3 aromatic rings. The van der Waals surface area contributed by atoms with Crippen LogP contribution in [-0.4, -0.2) is 11.4 Å².